The van der Waals surface area contributed by atoms with Crippen molar-refractivity contribution in [2.24, 2.45) is 0 Å². The molecule has 27 heavy (non-hydrogen) atoms. The Morgan fingerprint density at radius 2 is 1.96 bits per heavy atom. The zero-order valence-corrected chi connectivity index (χ0v) is 14.6. The Kier molecular flexibility index (Phi) is 4.33. The van der Waals surface area contributed by atoms with Crippen LogP contribution in [-0.4, -0.2) is 25.9 Å². The molecule has 0 radical (unpaired) electrons. The summed E-state index contributed by atoms with van der Waals surface area (Å²) in [5.74, 6) is -0.626. The molecule has 0 fully saturated rings. The van der Waals surface area contributed by atoms with Gasteiger partial charge in [-0.1, -0.05) is 29.5 Å². The number of aromatic nitrogens is 4. The minimum atomic E-state index is -0.344. The molecule has 0 unspecified atom stereocenters. The molecule has 0 aliphatic rings. The molecule has 0 spiro atoms. The van der Waals surface area contributed by atoms with Gasteiger partial charge in [-0.3, -0.25) is 4.79 Å². The molecule has 2 aromatic heterocycles. The number of fused-ring (bicyclic) bond motifs is 1. The van der Waals surface area contributed by atoms with Gasteiger partial charge in [0.2, 0.25) is 0 Å². The second-order valence-electron chi connectivity index (χ2n) is 6.07. The third-order valence-corrected chi connectivity index (χ3v) is 4.38. The summed E-state index contributed by atoms with van der Waals surface area (Å²) in [5.41, 5.74) is 3.67. The normalized spacial score (nSPS) is 10.9. The molecule has 134 valence electrons. The lowest BCUT2D eigenvalue weighted by Gasteiger charge is -2.12. The summed E-state index contributed by atoms with van der Waals surface area (Å²) in [5, 5.41) is 11.0. The van der Waals surface area contributed by atoms with Crippen LogP contribution in [-0.2, 0) is 6.54 Å². The number of benzene rings is 2. The minimum Gasteiger partial charge on any atom is -0.348 e. The van der Waals surface area contributed by atoms with E-state index in [9.17, 15) is 9.18 Å². The smallest absolute Gasteiger partial charge is 0.251 e. The summed E-state index contributed by atoms with van der Waals surface area (Å²) in [6.07, 6.45) is 1.67. The van der Waals surface area contributed by atoms with E-state index in [0.717, 1.165) is 11.3 Å². The van der Waals surface area contributed by atoms with Crippen LogP contribution in [0.15, 0.2) is 60.8 Å². The number of halogens is 1. The summed E-state index contributed by atoms with van der Waals surface area (Å²) in [6.45, 7) is 1.95. The van der Waals surface area contributed by atoms with E-state index < -0.39 is 0 Å². The third-order valence-electron chi connectivity index (χ3n) is 4.38. The van der Waals surface area contributed by atoms with Crippen molar-refractivity contribution in [2.75, 3.05) is 0 Å². The average Bonchev–Trinajstić information content (AvgIpc) is 3.11. The van der Waals surface area contributed by atoms with Gasteiger partial charge in [-0.15, -0.1) is 5.10 Å². The predicted molar refractivity (Wildman–Crippen MR) is 99.0 cm³/mol. The first kappa shape index (κ1) is 16.8. The van der Waals surface area contributed by atoms with Gasteiger partial charge < -0.3 is 5.32 Å². The predicted octanol–water partition coefficient (Wildman–Crippen LogP) is 3.19. The number of pyridine rings is 1. The first-order chi connectivity index (χ1) is 13.1. The van der Waals surface area contributed by atoms with Gasteiger partial charge in [0.1, 0.15) is 11.3 Å². The average molecular weight is 361 g/mol. The van der Waals surface area contributed by atoms with E-state index in [1.54, 1.807) is 47.3 Å². The molecule has 1 N–H and O–H groups in total. The Morgan fingerprint density at radius 3 is 2.81 bits per heavy atom. The summed E-state index contributed by atoms with van der Waals surface area (Å²) in [7, 11) is 0. The van der Waals surface area contributed by atoms with Crippen molar-refractivity contribution in [3.05, 3.63) is 83.3 Å². The number of hydrogen-bond acceptors (Lipinski definition) is 4. The third kappa shape index (κ3) is 3.15. The van der Waals surface area contributed by atoms with E-state index in [1.807, 2.05) is 19.1 Å². The summed E-state index contributed by atoms with van der Waals surface area (Å²) in [6, 6.07) is 15.3. The molecule has 4 aromatic rings. The highest BCUT2D eigenvalue weighted by Crippen LogP contribution is 2.20. The van der Waals surface area contributed by atoms with E-state index in [-0.39, 0.29) is 18.3 Å². The van der Waals surface area contributed by atoms with Gasteiger partial charge in [0.05, 0.1) is 5.69 Å². The molecule has 0 atom stereocenters. The first-order valence-electron chi connectivity index (χ1n) is 8.43. The van der Waals surface area contributed by atoms with Crippen molar-refractivity contribution < 1.29 is 9.18 Å². The van der Waals surface area contributed by atoms with Gasteiger partial charge in [-0.2, -0.15) is 4.68 Å². The van der Waals surface area contributed by atoms with Crippen LogP contribution in [0.4, 0.5) is 4.39 Å². The van der Waals surface area contributed by atoms with Crippen LogP contribution in [0.25, 0.3) is 16.9 Å². The highest BCUT2D eigenvalue weighted by Gasteiger charge is 2.16. The van der Waals surface area contributed by atoms with Crippen LogP contribution in [0, 0.1) is 12.7 Å². The molecule has 0 saturated heterocycles. The van der Waals surface area contributed by atoms with Gasteiger partial charge in [0, 0.05) is 23.9 Å². The van der Waals surface area contributed by atoms with Crippen LogP contribution >= 0.6 is 0 Å². The van der Waals surface area contributed by atoms with Gasteiger partial charge in [-0.25, -0.2) is 9.37 Å². The molecule has 1 amide bonds. The fraction of sp³-hybridized carbons (Fsp3) is 0.100. The van der Waals surface area contributed by atoms with Gasteiger partial charge >= 0.3 is 0 Å². The molecule has 6 nitrogen and oxygen atoms in total. The van der Waals surface area contributed by atoms with Gasteiger partial charge in [0.15, 0.2) is 5.65 Å². The highest BCUT2D eigenvalue weighted by molar-refractivity contribution is 5.96. The maximum absolute atomic E-state index is 13.7. The summed E-state index contributed by atoms with van der Waals surface area (Å²) < 4.78 is 15.4. The van der Waals surface area contributed by atoms with E-state index >= 15 is 0 Å². The highest BCUT2D eigenvalue weighted by atomic mass is 19.1. The van der Waals surface area contributed by atoms with Crippen molar-refractivity contribution in [1.29, 1.82) is 0 Å². The number of hydrogen-bond donors (Lipinski definition) is 1. The summed E-state index contributed by atoms with van der Waals surface area (Å²) >= 11 is 0. The molecule has 7 heteroatoms. The monoisotopic (exact) mass is 361 g/mol. The topological polar surface area (TPSA) is 72.7 Å². The van der Waals surface area contributed by atoms with Crippen molar-refractivity contribution in [3.8, 4) is 5.69 Å². The van der Waals surface area contributed by atoms with Crippen LogP contribution in [0.3, 0.4) is 0 Å². The lowest BCUT2D eigenvalue weighted by atomic mass is 10.1. The lowest BCUT2D eigenvalue weighted by Crippen LogP contribution is -2.24. The van der Waals surface area contributed by atoms with Crippen LogP contribution in [0.2, 0.25) is 0 Å². The molecular formula is C20H16FN5O. The van der Waals surface area contributed by atoms with Crippen molar-refractivity contribution in [2.45, 2.75) is 13.5 Å². The zero-order valence-electron chi connectivity index (χ0n) is 14.6. The Morgan fingerprint density at radius 1 is 1.11 bits per heavy atom. The molecule has 2 heterocycles. The van der Waals surface area contributed by atoms with Crippen LogP contribution < -0.4 is 5.32 Å². The number of carbonyl (C=O) groups excluding carboxylic acids is 1. The van der Waals surface area contributed by atoms with Crippen LogP contribution in [0.1, 0.15) is 21.5 Å². The van der Waals surface area contributed by atoms with Crippen molar-refractivity contribution in [1.82, 2.24) is 25.3 Å². The largest absolute Gasteiger partial charge is 0.348 e. The molecular weight excluding hydrogens is 345 g/mol. The van der Waals surface area contributed by atoms with Crippen LogP contribution in [0.5, 0.6) is 0 Å². The molecule has 2 aromatic carbocycles. The zero-order chi connectivity index (χ0) is 18.8. The molecule has 4 rings (SSSR count). The molecule has 0 aliphatic carbocycles. The second kappa shape index (κ2) is 6.95. The quantitative estimate of drug-likeness (QED) is 0.606. The van der Waals surface area contributed by atoms with E-state index in [4.69, 9.17) is 0 Å². The molecule has 0 bridgehead atoms. The fourth-order valence-electron chi connectivity index (χ4n) is 2.94. The minimum absolute atomic E-state index is 0.114. The van der Waals surface area contributed by atoms with Crippen molar-refractivity contribution in [3.63, 3.8) is 0 Å². The van der Waals surface area contributed by atoms with Crippen molar-refractivity contribution >= 4 is 17.1 Å². The standard InChI is InChI=1S/C20H16FN5O/c1-13-15(20(27)23-12-14-6-2-3-8-16(14)21)7-4-10-18(13)26-19-17(24-25-26)9-5-11-22-19/h2-11H,12H2,1H3,(H,23,27). The van der Waals surface area contributed by atoms with Gasteiger partial charge in [-0.05, 0) is 42.8 Å². The fourth-order valence-corrected chi connectivity index (χ4v) is 2.94. The van der Waals surface area contributed by atoms with E-state index in [1.165, 1.54) is 6.07 Å². The first-order valence-corrected chi connectivity index (χ1v) is 8.43. The maximum Gasteiger partial charge on any atom is 0.251 e. The maximum atomic E-state index is 13.7. The second-order valence-corrected chi connectivity index (χ2v) is 6.07. The summed E-state index contributed by atoms with van der Waals surface area (Å²) in [4.78, 5) is 17.0. The Hall–Kier alpha value is -3.61. The number of carbonyl (C=O) groups is 1. The number of nitrogens with one attached hydrogen (secondary N) is 1. The number of rotatable bonds is 4. The van der Waals surface area contributed by atoms with Gasteiger partial charge in [0.25, 0.3) is 5.91 Å². The lowest BCUT2D eigenvalue weighted by molar-refractivity contribution is 0.0950. The number of amides is 1. The van der Waals surface area contributed by atoms with E-state index in [0.29, 0.717) is 22.3 Å². The molecule has 0 aliphatic heterocycles. The number of nitrogens with zero attached hydrogens (tertiary/aromatic N) is 4. The Balaban J connectivity index is 1.64. The van der Waals surface area contributed by atoms with E-state index in [2.05, 4.69) is 20.6 Å². The SMILES string of the molecule is Cc1c(C(=O)NCc2ccccc2F)cccc1-n1nnc2cccnc21. The Bertz CT molecular complexity index is 1140. The molecule has 0 saturated carbocycles. The Labute approximate surface area is 154 Å².